The molecule has 0 aliphatic rings. The Hall–Kier alpha value is -11.7. The van der Waals surface area contributed by atoms with Crippen molar-refractivity contribution in [2.24, 2.45) is 0 Å². The van der Waals surface area contributed by atoms with Gasteiger partial charge in [-0.15, -0.1) is 0 Å². The second-order valence-corrected chi connectivity index (χ2v) is 20.4. The van der Waals surface area contributed by atoms with Crippen molar-refractivity contribution in [3.63, 3.8) is 0 Å². The van der Waals surface area contributed by atoms with Gasteiger partial charge in [0.15, 0.2) is 11.4 Å². The first-order chi connectivity index (χ1) is 40.4. The number of hydrogen-bond donors (Lipinski definition) is 0. The molecule has 0 atom stereocenters. The lowest BCUT2D eigenvalue weighted by molar-refractivity contribution is -0.137. The van der Waals surface area contributed by atoms with Gasteiger partial charge in [0.25, 0.3) is 0 Å². The van der Waals surface area contributed by atoms with Crippen molar-refractivity contribution in [3.05, 3.63) is 275 Å². The van der Waals surface area contributed by atoms with Gasteiger partial charge in [-0.2, -0.15) is 29.0 Å². The van der Waals surface area contributed by atoms with E-state index in [1.807, 2.05) is 133 Å². The quantitative estimate of drug-likeness (QED) is 0.142. The molecule has 2 heterocycles. The van der Waals surface area contributed by atoms with Crippen LogP contribution < -0.4 is 0 Å². The van der Waals surface area contributed by atoms with Crippen LogP contribution in [-0.2, 0) is 6.18 Å². The molecule has 0 amide bonds. The predicted molar refractivity (Wildman–Crippen MR) is 324 cm³/mol. The summed E-state index contributed by atoms with van der Waals surface area (Å²) in [6.45, 7) is 18.2. The molecule has 0 N–H and O–H groups in total. The second kappa shape index (κ2) is 20.2. The maximum Gasteiger partial charge on any atom is 0.416 e. The molecular formula is C73H40F3N7. The van der Waals surface area contributed by atoms with E-state index in [1.54, 1.807) is 31.2 Å². The highest BCUT2D eigenvalue weighted by Gasteiger charge is 2.31. The topological polar surface area (TPSA) is 90.0 Å². The van der Waals surface area contributed by atoms with Gasteiger partial charge in [0.05, 0.1) is 81.4 Å². The maximum atomic E-state index is 14.2. The van der Waals surface area contributed by atoms with Crippen LogP contribution in [0.15, 0.2) is 224 Å². The Bertz CT molecular complexity index is 4890. The van der Waals surface area contributed by atoms with Crippen LogP contribution in [-0.4, -0.2) is 9.13 Å². The van der Waals surface area contributed by atoms with Crippen molar-refractivity contribution in [2.45, 2.75) is 13.1 Å². The first-order valence-electron chi connectivity index (χ1n) is 26.4. The molecule has 13 rings (SSSR count). The molecule has 0 fully saturated rings. The first kappa shape index (κ1) is 50.7. The third kappa shape index (κ3) is 8.95. The Morgan fingerprint density at radius 2 is 0.831 bits per heavy atom. The Kier molecular flexibility index (Phi) is 12.3. The Balaban J connectivity index is 1.08. The number of hydrogen-bond acceptors (Lipinski definition) is 3. The highest BCUT2D eigenvalue weighted by Crippen LogP contribution is 2.46. The number of aryl methyl sites for hydroxylation is 1. The van der Waals surface area contributed by atoms with Gasteiger partial charge in [-0.1, -0.05) is 97.1 Å². The number of alkyl halides is 3. The van der Waals surface area contributed by atoms with E-state index in [0.29, 0.717) is 61.6 Å². The molecule has 10 heteroatoms. The van der Waals surface area contributed by atoms with Crippen LogP contribution in [0.1, 0.15) is 27.8 Å². The minimum Gasteiger partial charge on any atom is -0.309 e. The second-order valence-electron chi connectivity index (χ2n) is 20.4. The van der Waals surface area contributed by atoms with Gasteiger partial charge in [-0.05, 0) is 207 Å². The third-order valence-corrected chi connectivity index (χ3v) is 15.6. The van der Waals surface area contributed by atoms with Crippen LogP contribution in [0.4, 0.5) is 24.5 Å². The van der Waals surface area contributed by atoms with Gasteiger partial charge in [-0.3, -0.25) is 0 Å². The highest BCUT2D eigenvalue weighted by molar-refractivity contribution is 6.14. The fourth-order valence-corrected chi connectivity index (χ4v) is 11.6. The van der Waals surface area contributed by atoms with E-state index in [9.17, 15) is 29.0 Å². The third-order valence-electron chi connectivity index (χ3n) is 15.6. The van der Waals surface area contributed by atoms with Gasteiger partial charge in [0, 0.05) is 27.2 Å². The van der Waals surface area contributed by atoms with Crippen molar-refractivity contribution in [3.8, 4) is 96.3 Å². The first-order valence-corrected chi connectivity index (χ1v) is 26.4. The molecule has 2 aromatic heterocycles. The number of aromatic nitrogens is 2. The van der Waals surface area contributed by atoms with Gasteiger partial charge in [-0.25, -0.2) is 9.69 Å². The minimum atomic E-state index is -4.54. The van der Waals surface area contributed by atoms with E-state index in [4.69, 9.17) is 13.1 Å². The largest absolute Gasteiger partial charge is 0.416 e. The molecule has 0 aliphatic carbocycles. The van der Waals surface area contributed by atoms with Crippen LogP contribution in [0.5, 0.6) is 0 Å². The summed E-state index contributed by atoms with van der Waals surface area (Å²) in [5, 5.41) is 33.2. The molecule has 0 aliphatic heterocycles. The molecule has 7 nitrogen and oxygen atoms in total. The lowest BCUT2D eigenvalue weighted by atomic mass is 9.93. The Morgan fingerprint density at radius 1 is 0.386 bits per heavy atom. The molecule has 0 radical (unpaired) electrons. The number of nitrogens with zero attached hydrogens (tertiary/aromatic N) is 7. The summed E-state index contributed by atoms with van der Waals surface area (Å²) in [6, 6.07) is 77.0. The van der Waals surface area contributed by atoms with Crippen LogP contribution >= 0.6 is 0 Å². The molecule has 13 aromatic rings. The molecule has 0 unspecified atom stereocenters. The molecule has 83 heavy (non-hydrogen) atoms. The Morgan fingerprint density at radius 3 is 1.28 bits per heavy atom. The van der Waals surface area contributed by atoms with Crippen LogP contribution in [0.2, 0.25) is 0 Å². The number of nitriles is 3. The summed E-state index contributed by atoms with van der Waals surface area (Å²) in [5.74, 6) is 0. The number of rotatable bonds is 8. The molecule has 0 saturated carbocycles. The molecule has 0 spiro atoms. The summed E-state index contributed by atoms with van der Waals surface area (Å²) in [4.78, 5) is 7.85. The lowest BCUT2D eigenvalue weighted by Crippen LogP contribution is -2.05. The van der Waals surface area contributed by atoms with E-state index in [2.05, 4.69) is 85.6 Å². The monoisotopic (exact) mass is 1070 g/mol. The Labute approximate surface area is 475 Å². The van der Waals surface area contributed by atoms with Crippen LogP contribution in [0.3, 0.4) is 0 Å². The number of halogens is 3. The maximum absolute atomic E-state index is 14.2. The standard InChI is InChI=1S/C73H40F3N7/c1-44-30-57(73(74,75)76)21-23-60(44)56-20-29-70(83-71-27-18-54(50-13-6-10-47(33-50)43-79)37-65(71)66-38-55(19-28-72(66)83)51-14-7-15-58(34-51)80-2)62(39-56)61-40-59(22-24-67(61)81-3)82-68-25-16-52(48-11-4-8-45(31-48)41-77)35-63(68)64-36-53(17-26-69(64)82)49-12-5-9-46(32-49)42-78/h4-40H,1H3. The van der Waals surface area contributed by atoms with E-state index < -0.39 is 11.7 Å². The molecule has 0 saturated heterocycles. The van der Waals surface area contributed by atoms with E-state index >= 15 is 0 Å². The van der Waals surface area contributed by atoms with Gasteiger partial charge < -0.3 is 9.13 Å². The van der Waals surface area contributed by atoms with E-state index in [0.717, 1.165) is 106 Å². The van der Waals surface area contributed by atoms with Gasteiger partial charge >= 0.3 is 6.18 Å². The molecule has 0 bridgehead atoms. The normalized spacial score (nSPS) is 11.3. The van der Waals surface area contributed by atoms with Gasteiger partial charge in [0.2, 0.25) is 0 Å². The molecule has 11 aromatic carbocycles. The van der Waals surface area contributed by atoms with E-state index in [1.165, 1.54) is 6.07 Å². The summed E-state index contributed by atoms with van der Waals surface area (Å²) in [6.07, 6.45) is -4.54. The number of fused-ring (bicyclic) bond motifs is 6. The minimum absolute atomic E-state index is 0.346. The van der Waals surface area contributed by atoms with Crippen molar-refractivity contribution < 1.29 is 13.2 Å². The number of benzene rings is 11. The van der Waals surface area contributed by atoms with Crippen molar-refractivity contribution in [1.29, 1.82) is 15.8 Å². The summed E-state index contributed by atoms with van der Waals surface area (Å²) >= 11 is 0. The SMILES string of the molecule is [C-]#[N+]c1cccc(-c2ccc3c(c2)c2cc(-c4cccc(C#N)c4)ccc2n3-c2ccc(-c3ccc(C(F)(F)F)cc3C)cc2-c2cc(-n3c4ccc(-c5cccc(C#N)c5)cc4c4cc(-c5cccc(C#N)c5)ccc43)ccc2[N+]#[C-])c1. The van der Waals surface area contributed by atoms with Crippen LogP contribution in [0.25, 0.3) is 131 Å². The molecule has 388 valence electrons. The fourth-order valence-electron chi connectivity index (χ4n) is 11.6. The smallest absolute Gasteiger partial charge is 0.309 e. The zero-order chi connectivity index (χ0) is 57.1. The summed E-state index contributed by atoms with van der Waals surface area (Å²) in [5.41, 5.74) is 16.6. The predicted octanol–water partition coefficient (Wildman–Crippen LogP) is 19.9. The average Bonchev–Trinajstić information content (AvgIpc) is 3.24. The molecular weight excluding hydrogens is 1030 g/mol. The van der Waals surface area contributed by atoms with Crippen molar-refractivity contribution in [1.82, 2.24) is 9.13 Å². The average molecular weight is 1070 g/mol. The zero-order valence-electron chi connectivity index (χ0n) is 44.1. The van der Waals surface area contributed by atoms with Crippen molar-refractivity contribution >= 4 is 55.0 Å². The lowest BCUT2D eigenvalue weighted by Gasteiger charge is -2.19. The van der Waals surface area contributed by atoms with Crippen LogP contribution in [0, 0.1) is 54.1 Å². The fraction of sp³-hybridized carbons (Fsp3) is 0.0274. The van der Waals surface area contributed by atoms with E-state index in [-0.39, 0.29) is 0 Å². The van der Waals surface area contributed by atoms with Gasteiger partial charge in [0.1, 0.15) is 0 Å². The highest BCUT2D eigenvalue weighted by atomic mass is 19.4. The summed E-state index contributed by atoms with van der Waals surface area (Å²) in [7, 11) is 0. The summed E-state index contributed by atoms with van der Waals surface area (Å²) < 4.78 is 46.8. The van der Waals surface area contributed by atoms with Crippen molar-refractivity contribution in [2.75, 3.05) is 0 Å². The zero-order valence-corrected chi connectivity index (χ0v) is 44.1.